The Labute approximate surface area is 432 Å². The number of carbonyl (C=O) groups excluding carboxylic acids is 3. The largest absolute Gasteiger partial charge is 0.462 e. The second-order valence-corrected chi connectivity index (χ2v) is 19.2. The van der Waals surface area contributed by atoms with E-state index in [0.29, 0.717) is 19.3 Å². The van der Waals surface area contributed by atoms with Gasteiger partial charge in [0.25, 0.3) is 0 Å². The van der Waals surface area contributed by atoms with Crippen molar-refractivity contribution in [2.24, 2.45) is 0 Å². The smallest absolute Gasteiger partial charge is 0.306 e. The molecule has 0 aliphatic heterocycles. The number of hydrogen-bond donors (Lipinski definition) is 0. The van der Waals surface area contributed by atoms with E-state index in [1.807, 2.05) is 6.08 Å². The van der Waals surface area contributed by atoms with Crippen molar-refractivity contribution >= 4 is 17.9 Å². The van der Waals surface area contributed by atoms with E-state index in [4.69, 9.17) is 14.2 Å². The third-order valence-corrected chi connectivity index (χ3v) is 12.3. The average Bonchev–Trinajstić information content (AvgIpc) is 3.36. The van der Waals surface area contributed by atoms with Crippen LogP contribution < -0.4 is 0 Å². The van der Waals surface area contributed by atoms with Crippen LogP contribution in [0.5, 0.6) is 0 Å². The number of rotatable bonds is 52. The first-order valence-electron chi connectivity index (χ1n) is 29.2. The number of carbonyl (C=O) groups is 3. The molecular formula is C64H108O6. The predicted molar refractivity (Wildman–Crippen MR) is 302 cm³/mol. The van der Waals surface area contributed by atoms with Gasteiger partial charge in [0.1, 0.15) is 13.2 Å². The Morgan fingerprint density at radius 3 is 1.00 bits per heavy atom. The summed E-state index contributed by atoms with van der Waals surface area (Å²) in [5, 5.41) is 0. The van der Waals surface area contributed by atoms with Gasteiger partial charge in [-0.2, -0.15) is 0 Å². The highest BCUT2D eigenvalue weighted by Gasteiger charge is 2.19. The van der Waals surface area contributed by atoms with Crippen molar-refractivity contribution in [3.8, 4) is 0 Å². The Kier molecular flexibility index (Phi) is 54.9. The van der Waals surface area contributed by atoms with Crippen molar-refractivity contribution in [3.05, 3.63) is 97.2 Å². The van der Waals surface area contributed by atoms with Gasteiger partial charge < -0.3 is 14.2 Å². The normalized spacial score (nSPS) is 12.8. The molecule has 0 aliphatic rings. The quantitative estimate of drug-likeness (QED) is 0.0262. The molecule has 70 heavy (non-hydrogen) atoms. The zero-order valence-corrected chi connectivity index (χ0v) is 45.8. The van der Waals surface area contributed by atoms with E-state index >= 15 is 0 Å². The number of unbranched alkanes of at least 4 members (excludes halogenated alkanes) is 25. The van der Waals surface area contributed by atoms with Crippen molar-refractivity contribution in [2.75, 3.05) is 13.2 Å². The van der Waals surface area contributed by atoms with Crippen molar-refractivity contribution in [2.45, 2.75) is 277 Å². The van der Waals surface area contributed by atoms with E-state index in [2.05, 4.69) is 112 Å². The first-order valence-corrected chi connectivity index (χ1v) is 29.2. The van der Waals surface area contributed by atoms with E-state index in [9.17, 15) is 14.4 Å². The lowest BCUT2D eigenvalue weighted by molar-refractivity contribution is -0.166. The Hall–Kier alpha value is -3.67. The predicted octanol–water partition coefficient (Wildman–Crippen LogP) is 19.7. The van der Waals surface area contributed by atoms with E-state index in [0.717, 1.165) is 83.5 Å². The van der Waals surface area contributed by atoms with Crippen LogP contribution in [-0.4, -0.2) is 37.2 Å². The molecule has 400 valence electrons. The minimum absolute atomic E-state index is 0.106. The molecule has 0 bridgehead atoms. The molecule has 0 aromatic rings. The SMILES string of the molecule is CC/C=C\C/C=C\C/C=C\C/C=C\C/C=C\CCC(=O)OCC(COC(=O)CCCCCCCCC/C=C\CCCCCCCCCC)OC(=O)CCCCCCCCC/C=C\C/C=C\CCCCC. The Morgan fingerprint density at radius 2 is 0.586 bits per heavy atom. The van der Waals surface area contributed by atoms with Crippen LogP contribution in [-0.2, 0) is 28.6 Å². The van der Waals surface area contributed by atoms with Gasteiger partial charge in [-0.15, -0.1) is 0 Å². The first-order chi connectivity index (χ1) is 34.5. The molecule has 0 rings (SSSR count). The van der Waals surface area contributed by atoms with Gasteiger partial charge in [0.15, 0.2) is 6.10 Å². The molecule has 0 aromatic heterocycles. The van der Waals surface area contributed by atoms with Crippen molar-refractivity contribution in [1.82, 2.24) is 0 Å². The van der Waals surface area contributed by atoms with Crippen LogP contribution in [0.25, 0.3) is 0 Å². The minimum atomic E-state index is -0.815. The van der Waals surface area contributed by atoms with Crippen LogP contribution in [0, 0.1) is 0 Å². The van der Waals surface area contributed by atoms with Crippen molar-refractivity contribution in [1.29, 1.82) is 0 Å². The Bertz CT molecular complexity index is 1400. The maximum Gasteiger partial charge on any atom is 0.306 e. The molecule has 1 atom stereocenters. The van der Waals surface area contributed by atoms with Gasteiger partial charge in [-0.1, -0.05) is 240 Å². The van der Waals surface area contributed by atoms with E-state index in [-0.39, 0.29) is 37.5 Å². The Balaban J connectivity index is 4.48. The third-order valence-electron chi connectivity index (χ3n) is 12.3. The van der Waals surface area contributed by atoms with Crippen LogP contribution in [0.1, 0.15) is 271 Å². The third kappa shape index (κ3) is 55.3. The number of esters is 3. The first kappa shape index (κ1) is 66.3. The average molecular weight is 974 g/mol. The summed E-state index contributed by atoms with van der Waals surface area (Å²) < 4.78 is 16.8. The van der Waals surface area contributed by atoms with Gasteiger partial charge in [-0.05, 0) is 109 Å². The molecule has 0 heterocycles. The lowest BCUT2D eigenvalue weighted by atomic mass is 10.1. The summed E-state index contributed by atoms with van der Waals surface area (Å²) >= 11 is 0. The second-order valence-electron chi connectivity index (χ2n) is 19.2. The Morgan fingerprint density at radius 1 is 0.300 bits per heavy atom. The lowest BCUT2D eigenvalue weighted by Crippen LogP contribution is -2.30. The van der Waals surface area contributed by atoms with E-state index in [1.165, 1.54) is 141 Å². The van der Waals surface area contributed by atoms with Crippen LogP contribution in [0.15, 0.2) is 97.2 Å². The lowest BCUT2D eigenvalue weighted by Gasteiger charge is -2.18. The minimum Gasteiger partial charge on any atom is -0.462 e. The van der Waals surface area contributed by atoms with E-state index in [1.54, 1.807) is 0 Å². The molecule has 0 fully saturated rings. The van der Waals surface area contributed by atoms with Gasteiger partial charge >= 0.3 is 17.9 Å². The van der Waals surface area contributed by atoms with E-state index < -0.39 is 6.10 Å². The standard InChI is InChI=1S/C64H108O6/c1-4-7-10-13-16-19-22-25-28-31-32-34-36-39-42-45-48-51-54-57-63(66)69-60-61(59-68-62(65)56-53-50-47-44-41-38-35-30-27-24-21-18-15-12-9-6-3)70-64(67)58-55-52-49-46-43-40-37-33-29-26-23-20-17-14-11-8-5-2/h9,12,17-18,20-21,26-27,29-32,38,41,47,50,61H,4-8,10-11,13-16,19,22-25,28,33-37,39-40,42-46,48-49,51-60H2,1-3H3/b12-9-,20-17-,21-18-,29-26-,30-27-,32-31-,41-38-,50-47-. The highest BCUT2D eigenvalue weighted by Crippen LogP contribution is 2.15. The van der Waals surface area contributed by atoms with Gasteiger partial charge in [0.05, 0.1) is 0 Å². The topological polar surface area (TPSA) is 78.9 Å². The zero-order chi connectivity index (χ0) is 50.7. The summed E-state index contributed by atoms with van der Waals surface area (Å²) in [5.74, 6) is -1.00. The molecule has 0 N–H and O–H groups in total. The summed E-state index contributed by atoms with van der Waals surface area (Å²) in [4.78, 5) is 38.2. The molecule has 0 saturated carbocycles. The summed E-state index contributed by atoms with van der Waals surface area (Å²) in [6.07, 6.45) is 76.9. The monoisotopic (exact) mass is 973 g/mol. The van der Waals surface area contributed by atoms with Crippen molar-refractivity contribution < 1.29 is 28.6 Å². The van der Waals surface area contributed by atoms with Crippen LogP contribution in [0.2, 0.25) is 0 Å². The number of allylic oxidation sites excluding steroid dienone is 16. The van der Waals surface area contributed by atoms with Gasteiger partial charge in [-0.3, -0.25) is 14.4 Å². The van der Waals surface area contributed by atoms with Crippen molar-refractivity contribution in [3.63, 3.8) is 0 Å². The van der Waals surface area contributed by atoms with Crippen LogP contribution >= 0.6 is 0 Å². The molecular weight excluding hydrogens is 865 g/mol. The summed E-state index contributed by atoms with van der Waals surface area (Å²) in [6, 6.07) is 0. The molecule has 0 saturated heterocycles. The highest BCUT2D eigenvalue weighted by molar-refractivity contribution is 5.71. The highest BCUT2D eigenvalue weighted by atomic mass is 16.6. The summed E-state index contributed by atoms with van der Waals surface area (Å²) in [7, 11) is 0. The van der Waals surface area contributed by atoms with Gasteiger partial charge in [-0.25, -0.2) is 0 Å². The fourth-order valence-electron chi connectivity index (χ4n) is 7.93. The fourth-order valence-corrected chi connectivity index (χ4v) is 7.93. The zero-order valence-electron chi connectivity index (χ0n) is 45.8. The maximum absolute atomic E-state index is 12.9. The fraction of sp³-hybridized carbons (Fsp3) is 0.703. The molecule has 0 spiro atoms. The molecule has 0 aliphatic carbocycles. The summed E-state index contributed by atoms with van der Waals surface area (Å²) in [6.45, 7) is 6.44. The molecule has 0 aromatic carbocycles. The molecule has 6 heteroatoms. The number of ether oxygens (including phenoxy) is 3. The number of hydrogen-bond acceptors (Lipinski definition) is 6. The molecule has 0 amide bonds. The van der Waals surface area contributed by atoms with Gasteiger partial charge in [0, 0.05) is 19.3 Å². The second kappa shape index (κ2) is 57.9. The molecule has 6 nitrogen and oxygen atoms in total. The van der Waals surface area contributed by atoms with Crippen LogP contribution in [0.3, 0.4) is 0 Å². The molecule has 1 unspecified atom stereocenters. The maximum atomic E-state index is 12.9. The summed E-state index contributed by atoms with van der Waals surface area (Å²) in [5.41, 5.74) is 0. The van der Waals surface area contributed by atoms with Gasteiger partial charge in [0.2, 0.25) is 0 Å². The van der Waals surface area contributed by atoms with Crippen LogP contribution in [0.4, 0.5) is 0 Å². The molecule has 0 radical (unpaired) electrons.